The van der Waals surface area contributed by atoms with E-state index in [1.165, 1.54) is 36.3 Å². The van der Waals surface area contributed by atoms with Gasteiger partial charge in [0.05, 0.1) is 27.7 Å². The molecule has 8 nitrogen and oxygen atoms in total. The summed E-state index contributed by atoms with van der Waals surface area (Å²) in [5.74, 6) is -0.451. The van der Waals surface area contributed by atoms with Gasteiger partial charge in [-0.15, -0.1) is 0 Å². The number of carbonyl (C=O) groups excluding carboxylic acids is 2. The first-order chi connectivity index (χ1) is 18.8. The Morgan fingerprint density at radius 3 is 2.10 bits per heavy atom. The Morgan fingerprint density at radius 2 is 1.55 bits per heavy atom. The number of benzene rings is 3. The number of aryl methyl sites for hydroxylation is 1. The van der Waals surface area contributed by atoms with Gasteiger partial charge in [0.2, 0.25) is 11.8 Å². The van der Waals surface area contributed by atoms with Crippen molar-refractivity contribution in [2.45, 2.75) is 51.2 Å². The van der Waals surface area contributed by atoms with Crippen molar-refractivity contribution in [3.63, 3.8) is 0 Å². The average Bonchev–Trinajstić information content (AvgIpc) is 2.92. The SMILES string of the molecule is COc1ccc(S(=O)(=O)N(CC(=O)N(Cc2ccc(Cl)c(Cl)c2)C(C)C(=O)NC(C)C)c2ccc(C)cc2)cc1. The van der Waals surface area contributed by atoms with Gasteiger partial charge in [-0.25, -0.2) is 8.42 Å². The zero-order chi connectivity index (χ0) is 29.6. The summed E-state index contributed by atoms with van der Waals surface area (Å²) in [7, 11) is -2.69. The normalized spacial score (nSPS) is 12.1. The first-order valence-electron chi connectivity index (χ1n) is 12.6. The molecule has 0 aliphatic heterocycles. The summed E-state index contributed by atoms with van der Waals surface area (Å²) in [4.78, 5) is 28.2. The van der Waals surface area contributed by atoms with Gasteiger partial charge in [-0.05, 0) is 81.8 Å². The summed E-state index contributed by atoms with van der Waals surface area (Å²) >= 11 is 12.3. The van der Waals surface area contributed by atoms with Gasteiger partial charge in [0, 0.05) is 12.6 Å². The third kappa shape index (κ3) is 7.68. The van der Waals surface area contributed by atoms with Crippen molar-refractivity contribution in [3.05, 3.63) is 87.9 Å². The van der Waals surface area contributed by atoms with E-state index < -0.39 is 28.5 Å². The van der Waals surface area contributed by atoms with Crippen LogP contribution in [-0.4, -0.2) is 50.9 Å². The summed E-state index contributed by atoms with van der Waals surface area (Å²) in [6.07, 6.45) is 0. The van der Waals surface area contributed by atoms with Gasteiger partial charge in [-0.1, -0.05) is 47.0 Å². The molecule has 1 atom stereocenters. The second-order valence-electron chi connectivity index (χ2n) is 9.63. The topological polar surface area (TPSA) is 96.0 Å². The number of methoxy groups -OCH3 is 1. The van der Waals surface area contributed by atoms with Crippen LogP contribution in [0.1, 0.15) is 31.9 Å². The van der Waals surface area contributed by atoms with E-state index in [1.54, 1.807) is 49.4 Å². The van der Waals surface area contributed by atoms with E-state index in [1.807, 2.05) is 20.8 Å². The predicted molar refractivity (Wildman–Crippen MR) is 158 cm³/mol. The fraction of sp³-hybridized carbons (Fsp3) is 0.310. The van der Waals surface area contributed by atoms with Crippen molar-refractivity contribution in [1.29, 1.82) is 0 Å². The molecular weight excluding hydrogens is 573 g/mol. The lowest BCUT2D eigenvalue weighted by molar-refractivity contribution is -0.139. The number of amides is 2. The lowest BCUT2D eigenvalue weighted by atomic mass is 10.1. The Hall–Kier alpha value is -3.27. The van der Waals surface area contributed by atoms with E-state index in [0.29, 0.717) is 27.0 Å². The minimum atomic E-state index is -4.18. The van der Waals surface area contributed by atoms with Crippen LogP contribution >= 0.6 is 23.2 Å². The molecule has 2 amide bonds. The highest BCUT2D eigenvalue weighted by molar-refractivity contribution is 7.92. The fourth-order valence-corrected chi connectivity index (χ4v) is 5.67. The maximum atomic E-state index is 13.9. The fourth-order valence-electron chi connectivity index (χ4n) is 3.94. The molecule has 1 N–H and O–H groups in total. The standard InChI is InChI=1S/C29H33Cl2N3O5S/c1-19(2)32-29(36)21(4)33(17-22-8-15-26(30)27(31)16-22)28(35)18-34(23-9-6-20(3)7-10-23)40(37,38)25-13-11-24(39-5)12-14-25/h6-16,19,21H,17-18H2,1-5H3,(H,32,36). The van der Waals surface area contributed by atoms with E-state index in [9.17, 15) is 18.0 Å². The minimum Gasteiger partial charge on any atom is -0.497 e. The lowest BCUT2D eigenvalue weighted by Crippen LogP contribution is -2.52. The molecule has 214 valence electrons. The predicted octanol–water partition coefficient (Wildman–Crippen LogP) is 5.45. The van der Waals surface area contributed by atoms with Crippen LogP contribution in [0.2, 0.25) is 10.0 Å². The number of halogens is 2. The van der Waals surface area contributed by atoms with E-state index in [-0.39, 0.29) is 23.4 Å². The van der Waals surface area contributed by atoms with Crippen LogP contribution in [0.15, 0.2) is 71.6 Å². The molecule has 0 saturated heterocycles. The van der Waals surface area contributed by atoms with Crippen LogP contribution in [0.5, 0.6) is 5.75 Å². The number of nitrogens with zero attached hydrogens (tertiary/aromatic N) is 2. The van der Waals surface area contributed by atoms with Crippen molar-refractivity contribution < 1.29 is 22.7 Å². The van der Waals surface area contributed by atoms with Gasteiger partial charge in [0.15, 0.2) is 0 Å². The quantitative estimate of drug-likeness (QED) is 0.313. The van der Waals surface area contributed by atoms with Crippen molar-refractivity contribution in [3.8, 4) is 5.75 Å². The zero-order valence-electron chi connectivity index (χ0n) is 23.0. The zero-order valence-corrected chi connectivity index (χ0v) is 25.3. The molecule has 0 aromatic heterocycles. The Bertz CT molecular complexity index is 1450. The first kappa shape index (κ1) is 31.3. The smallest absolute Gasteiger partial charge is 0.264 e. The molecule has 1 unspecified atom stereocenters. The number of rotatable bonds is 11. The van der Waals surface area contributed by atoms with Crippen LogP contribution < -0.4 is 14.4 Å². The molecule has 0 bridgehead atoms. The molecule has 3 aromatic carbocycles. The summed E-state index contributed by atoms with van der Waals surface area (Å²) in [5, 5.41) is 3.47. The molecule has 11 heteroatoms. The van der Waals surface area contributed by atoms with Crippen molar-refractivity contribution in [2.24, 2.45) is 0 Å². The van der Waals surface area contributed by atoms with Gasteiger partial charge in [0.1, 0.15) is 18.3 Å². The Balaban J connectivity index is 2.04. The van der Waals surface area contributed by atoms with E-state index in [2.05, 4.69) is 5.32 Å². The monoisotopic (exact) mass is 605 g/mol. The Labute approximate surface area is 245 Å². The summed E-state index contributed by atoms with van der Waals surface area (Å²) in [5.41, 5.74) is 1.87. The third-order valence-electron chi connectivity index (χ3n) is 6.18. The van der Waals surface area contributed by atoms with Crippen molar-refractivity contribution >= 4 is 50.7 Å². The third-order valence-corrected chi connectivity index (χ3v) is 8.71. The van der Waals surface area contributed by atoms with Gasteiger partial charge in [0.25, 0.3) is 10.0 Å². The number of carbonyl (C=O) groups is 2. The summed E-state index contributed by atoms with van der Waals surface area (Å²) < 4.78 is 33.9. The molecule has 0 radical (unpaired) electrons. The number of hydrogen-bond acceptors (Lipinski definition) is 5. The second kappa shape index (κ2) is 13.4. The molecule has 0 saturated carbocycles. The largest absolute Gasteiger partial charge is 0.497 e. The molecule has 3 aromatic rings. The molecule has 0 heterocycles. The van der Waals surface area contributed by atoms with E-state index in [4.69, 9.17) is 27.9 Å². The highest BCUT2D eigenvalue weighted by Gasteiger charge is 2.32. The van der Waals surface area contributed by atoms with E-state index >= 15 is 0 Å². The average molecular weight is 607 g/mol. The lowest BCUT2D eigenvalue weighted by Gasteiger charge is -2.32. The number of sulfonamides is 1. The van der Waals surface area contributed by atoms with Crippen LogP contribution in [0, 0.1) is 6.92 Å². The highest BCUT2D eigenvalue weighted by Crippen LogP contribution is 2.27. The molecule has 0 fully saturated rings. The highest BCUT2D eigenvalue weighted by atomic mass is 35.5. The van der Waals surface area contributed by atoms with Crippen molar-refractivity contribution in [1.82, 2.24) is 10.2 Å². The maximum Gasteiger partial charge on any atom is 0.264 e. The van der Waals surface area contributed by atoms with Crippen LogP contribution in [0.3, 0.4) is 0 Å². The van der Waals surface area contributed by atoms with Gasteiger partial charge in [-0.2, -0.15) is 0 Å². The van der Waals surface area contributed by atoms with Crippen LogP contribution in [0.25, 0.3) is 0 Å². The molecule has 40 heavy (non-hydrogen) atoms. The maximum absolute atomic E-state index is 13.9. The van der Waals surface area contributed by atoms with Crippen molar-refractivity contribution in [2.75, 3.05) is 18.0 Å². The minimum absolute atomic E-state index is 0.00667. The molecule has 0 aliphatic carbocycles. The molecular formula is C29H33Cl2N3O5S. The number of nitrogens with one attached hydrogen (secondary N) is 1. The van der Waals surface area contributed by atoms with Gasteiger partial charge >= 0.3 is 0 Å². The Kier molecular flexibility index (Phi) is 10.5. The van der Waals surface area contributed by atoms with Crippen LogP contribution in [0.4, 0.5) is 5.69 Å². The number of anilines is 1. The number of ether oxygens (including phenoxy) is 1. The number of hydrogen-bond donors (Lipinski definition) is 1. The summed E-state index contributed by atoms with van der Waals surface area (Å²) in [6.45, 7) is 6.57. The summed E-state index contributed by atoms with van der Waals surface area (Å²) in [6, 6.07) is 16.6. The first-order valence-corrected chi connectivity index (χ1v) is 14.8. The van der Waals surface area contributed by atoms with E-state index in [0.717, 1.165) is 9.87 Å². The molecule has 0 spiro atoms. The molecule has 0 aliphatic rings. The van der Waals surface area contributed by atoms with Gasteiger partial charge in [-0.3, -0.25) is 13.9 Å². The Morgan fingerprint density at radius 1 is 0.925 bits per heavy atom. The van der Waals surface area contributed by atoms with Gasteiger partial charge < -0.3 is 15.0 Å². The molecule has 3 rings (SSSR count). The van der Waals surface area contributed by atoms with Crippen LogP contribution in [-0.2, 0) is 26.2 Å². The second-order valence-corrected chi connectivity index (χ2v) is 12.3.